The van der Waals surface area contributed by atoms with Gasteiger partial charge in [-0.2, -0.15) is 0 Å². The molecular weight excluding hydrogens is 286 g/mol. The molecule has 0 aliphatic heterocycles. The number of carbonyl (C=O) groups is 2. The van der Waals surface area contributed by atoms with Gasteiger partial charge in [-0.3, -0.25) is 10.1 Å². The van der Waals surface area contributed by atoms with Gasteiger partial charge in [0.1, 0.15) is 5.00 Å². The molecule has 0 radical (unpaired) electrons. The molecule has 0 fully saturated rings. The molecule has 3 amide bonds. The van der Waals surface area contributed by atoms with E-state index in [1.807, 2.05) is 0 Å². The fourth-order valence-corrected chi connectivity index (χ4v) is 4.13. The third-order valence-corrected chi connectivity index (χ3v) is 5.03. The third kappa shape index (κ3) is 3.56. The zero-order chi connectivity index (χ0) is 15.4. The van der Waals surface area contributed by atoms with E-state index >= 15 is 0 Å². The van der Waals surface area contributed by atoms with Gasteiger partial charge >= 0.3 is 6.03 Å². The van der Waals surface area contributed by atoms with Crippen molar-refractivity contribution in [2.75, 3.05) is 11.9 Å². The second kappa shape index (κ2) is 6.93. The lowest BCUT2D eigenvalue weighted by Gasteiger charge is -2.19. The molecule has 1 aromatic rings. The van der Waals surface area contributed by atoms with Crippen LogP contribution in [0.4, 0.5) is 9.80 Å². The molecule has 1 atom stereocenters. The molecular formula is C15H23N3O2S. The molecule has 0 spiro atoms. The molecule has 0 aromatic carbocycles. The molecule has 1 aliphatic rings. The first-order valence-corrected chi connectivity index (χ1v) is 8.36. The predicted octanol–water partition coefficient (Wildman–Crippen LogP) is 3.21. The van der Waals surface area contributed by atoms with Crippen molar-refractivity contribution in [1.29, 1.82) is 0 Å². The van der Waals surface area contributed by atoms with E-state index in [9.17, 15) is 9.59 Å². The summed E-state index contributed by atoms with van der Waals surface area (Å²) in [6, 6.07) is -0.266. The van der Waals surface area contributed by atoms with E-state index in [1.54, 1.807) is 0 Å². The predicted molar refractivity (Wildman–Crippen MR) is 86.1 cm³/mol. The summed E-state index contributed by atoms with van der Waals surface area (Å²) in [5.41, 5.74) is 7.09. The molecule has 6 heteroatoms. The van der Waals surface area contributed by atoms with Crippen LogP contribution in [0.3, 0.4) is 0 Å². The zero-order valence-corrected chi connectivity index (χ0v) is 13.4. The molecule has 1 heterocycles. The highest BCUT2D eigenvalue weighted by Gasteiger charge is 2.28. The van der Waals surface area contributed by atoms with Gasteiger partial charge in [-0.25, -0.2) is 4.79 Å². The van der Waals surface area contributed by atoms with Crippen LogP contribution >= 0.6 is 11.3 Å². The number of nitrogens with two attached hydrogens (primary N) is 1. The Morgan fingerprint density at radius 3 is 2.86 bits per heavy atom. The van der Waals surface area contributed by atoms with Crippen molar-refractivity contribution in [2.24, 2.45) is 5.73 Å². The van der Waals surface area contributed by atoms with Crippen LogP contribution in [0, 0.1) is 0 Å². The van der Waals surface area contributed by atoms with E-state index in [1.165, 1.54) is 16.2 Å². The highest BCUT2D eigenvalue weighted by molar-refractivity contribution is 7.17. The van der Waals surface area contributed by atoms with Gasteiger partial charge in [0.15, 0.2) is 0 Å². The average Bonchev–Trinajstić information content (AvgIpc) is 2.78. The van der Waals surface area contributed by atoms with Crippen LogP contribution in [0.5, 0.6) is 0 Å². The van der Waals surface area contributed by atoms with Gasteiger partial charge in [0, 0.05) is 11.4 Å². The Labute approximate surface area is 129 Å². The Balaban J connectivity index is 2.19. The van der Waals surface area contributed by atoms with Crippen molar-refractivity contribution in [3.05, 3.63) is 16.0 Å². The van der Waals surface area contributed by atoms with Gasteiger partial charge in [-0.1, -0.05) is 20.3 Å². The van der Waals surface area contributed by atoms with Crippen LogP contribution in [0.25, 0.3) is 0 Å². The van der Waals surface area contributed by atoms with Crippen molar-refractivity contribution < 1.29 is 9.59 Å². The Hall–Kier alpha value is -1.56. The summed E-state index contributed by atoms with van der Waals surface area (Å²) in [5, 5.41) is 6.18. The van der Waals surface area contributed by atoms with E-state index in [0.717, 1.165) is 37.7 Å². The van der Waals surface area contributed by atoms with Crippen LogP contribution < -0.4 is 16.4 Å². The summed E-state index contributed by atoms with van der Waals surface area (Å²) < 4.78 is 0. The number of thiophene rings is 1. The lowest BCUT2D eigenvalue weighted by Crippen LogP contribution is -2.30. The first-order chi connectivity index (χ1) is 10.0. The second-order valence-corrected chi connectivity index (χ2v) is 6.64. The smallest absolute Gasteiger partial charge is 0.319 e. The van der Waals surface area contributed by atoms with Crippen LogP contribution in [0.1, 0.15) is 66.2 Å². The fraction of sp³-hybridized carbons (Fsp3) is 0.600. The standard InChI is InChI=1S/C15H23N3O2S/c1-3-4-8-17-15(20)18-14-12(13(16)19)11-9(2)6-5-7-10(11)21-14/h9H,3-8H2,1-2H3,(H2,16,19)(H2,17,18,20). The first kappa shape index (κ1) is 15.8. The monoisotopic (exact) mass is 309 g/mol. The summed E-state index contributed by atoms with van der Waals surface area (Å²) in [6.45, 7) is 4.82. The van der Waals surface area contributed by atoms with Crippen LogP contribution in [-0.4, -0.2) is 18.5 Å². The van der Waals surface area contributed by atoms with Crippen molar-refractivity contribution in [1.82, 2.24) is 5.32 Å². The molecule has 1 aromatic heterocycles. The van der Waals surface area contributed by atoms with E-state index in [-0.39, 0.29) is 6.03 Å². The quantitative estimate of drug-likeness (QED) is 0.730. The Morgan fingerprint density at radius 1 is 1.43 bits per heavy atom. The number of primary amides is 1. The number of aryl methyl sites for hydroxylation is 1. The number of nitrogens with one attached hydrogen (secondary N) is 2. The molecule has 116 valence electrons. The van der Waals surface area contributed by atoms with Gasteiger partial charge in [-0.15, -0.1) is 11.3 Å². The Kier molecular flexibility index (Phi) is 5.22. The number of rotatable bonds is 5. The first-order valence-electron chi connectivity index (χ1n) is 7.54. The van der Waals surface area contributed by atoms with Crippen LogP contribution in [-0.2, 0) is 6.42 Å². The molecule has 5 nitrogen and oxygen atoms in total. The van der Waals surface area contributed by atoms with Gasteiger partial charge in [0.25, 0.3) is 5.91 Å². The number of anilines is 1. The van der Waals surface area contributed by atoms with Crippen molar-refractivity contribution in [3.63, 3.8) is 0 Å². The maximum absolute atomic E-state index is 11.9. The number of carbonyl (C=O) groups excluding carboxylic acids is 2. The number of hydrogen-bond acceptors (Lipinski definition) is 3. The average molecular weight is 309 g/mol. The number of amides is 3. The minimum atomic E-state index is -0.454. The van der Waals surface area contributed by atoms with Crippen molar-refractivity contribution >= 4 is 28.3 Å². The molecule has 0 bridgehead atoms. The molecule has 21 heavy (non-hydrogen) atoms. The second-order valence-electron chi connectivity index (χ2n) is 5.54. The molecule has 0 saturated carbocycles. The number of hydrogen-bond donors (Lipinski definition) is 3. The molecule has 1 aliphatic carbocycles. The Bertz CT molecular complexity index is 539. The lowest BCUT2D eigenvalue weighted by atomic mass is 9.86. The molecule has 1 unspecified atom stereocenters. The van der Waals surface area contributed by atoms with Crippen LogP contribution in [0.15, 0.2) is 0 Å². The largest absolute Gasteiger partial charge is 0.365 e. The summed E-state index contributed by atoms with van der Waals surface area (Å²) in [4.78, 5) is 24.9. The van der Waals surface area contributed by atoms with Gasteiger partial charge in [0.05, 0.1) is 5.56 Å². The summed E-state index contributed by atoms with van der Waals surface area (Å²) in [6.07, 6.45) is 5.11. The number of unbranched alkanes of at least 4 members (excludes halogenated alkanes) is 1. The topological polar surface area (TPSA) is 84.2 Å². The Morgan fingerprint density at radius 2 is 2.19 bits per heavy atom. The maximum atomic E-state index is 11.9. The normalized spacial score (nSPS) is 17.1. The van der Waals surface area contributed by atoms with Gasteiger partial charge < -0.3 is 11.1 Å². The molecule has 4 N–H and O–H groups in total. The molecule has 0 saturated heterocycles. The zero-order valence-electron chi connectivity index (χ0n) is 12.6. The minimum absolute atomic E-state index is 0.266. The SMILES string of the molecule is CCCCNC(=O)Nc1sc2c(c1C(N)=O)C(C)CCC2. The number of fused-ring (bicyclic) bond motifs is 1. The number of urea groups is 1. The van der Waals surface area contributed by atoms with Crippen molar-refractivity contribution in [2.45, 2.75) is 51.9 Å². The van der Waals surface area contributed by atoms with Gasteiger partial charge in [0.2, 0.25) is 0 Å². The van der Waals surface area contributed by atoms with E-state index in [4.69, 9.17) is 5.73 Å². The van der Waals surface area contributed by atoms with Gasteiger partial charge in [-0.05, 0) is 37.2 Å². The van der Waals surface area contributed by atoms with E-state index in [0.29, 0.717) is 23.0 Å². The summed E-state index contributed by atoms with van der Waals surface area (Å²) in [7, 11) is 0. The highest BCUT2D eigenvalue weighted by Crippen LogP contribution is 2.43. The van der Waals surface area contributed by atoms with E-state index in [2.05, 4.69) is 24.5 Å². The summed E-state index contributed by atoms with van der Waals surface area (Å²) in [5.74, 6) is -0.128. The van der Waals surface area contributed by atoms with Crippen molar-refractivity contribution in [3.8, 4) is 0 Å². The third-order valence-electron chi connectivity index (χ3n) is 3.85. The van der Waals surface area contributed by atoms with E-state index < -0.39 is 5.91 Å². The maximum Gasteiger partial charge on any atom is 0.319 e. The minimum Gasteiger partial charge on any atom is -0.365 e. The lowest BCUT2D eigenvalue weighted by molar-refractivity contribution is 0.1000. The fourth-order valence-electron chi connectivity index (χ4n) is 2.77. The summed E-state index contributed by atoms with van der Waals surface area (Å²) >= 11 is 1.49. The molecule has 2 rings (SSSR count). The van der Waals surface area contributed by atoms with Crippen LogP contribution in [0.2, 0.25) is 0 Å². The highest BCUT2D eigenvalue weighted by atomic mass is 32.1.